The number of fused-ring (bicyclic) bond motifs is 2. The number of hydrogen-bond acceptors (Lipinski definition) is 0. The van der Waals surface area contributed by atoms with E-state index in [-0.39, 0.29) is 0 Å². The van der Waals surface area contributed by atoms with Gasteiger partial charge in [-0.2, -0.15) is 0 Å². The summed E-state index contributed by atoms with van der Waals surface area (Å²) in [6.07, 6.45) is 15.7. The molecule has 3 aliphatic carbocycles. The van der Waals surface area contributed by atoms with E-state index in [1.54, 1.807) is 64.2 Å². The molecule has 0 aromatic rings. The summed E-state index contributed by atoms with van der Waals surface area (Å²) in [7, 11) is 0. The lowest BCUT2D eigenvalue weighted by Gasteiger charge is -2.46. The van der Waals surface area contributed by atoms with Gasteiger partial charge in [0.15, 0.2) is 0 Å². The number of hydrogen-bond donors (Lipinski definition) is 0. The molecule has 3 saturated carbocycles. The monoisotopic (exact) mass is 192 g/mol. The van der Waals surface area contributed by atoms with E-state index in [1.807, 2.05) is 0 Å². The topological polar surface area (TPSA) is 0 Å². The van der Waals surface area contributed by atoms with Gasteiger partial charge in [0.05, 0.1) is 0 Å². The average Bonchev–Trinajstić information content (AvgIpc) is 2.26. The van der Waals surface area contributed by atoms with Crippen molar-refractivity contribution >= 4 is 0 Å². The quantitative estimate of drug-likeness (QED) is 0.534. The molecule has 0 spiro atoms. The van der Waals surface area contributed by atoms with E-state index < -0.39 is 0 Å². The minimum absolute atomic E-state index is 1.16. The summed E-state index contributed by atoms with van der Waals surface area (Å²) >= 11 is 0. The first-order chi connectivity index (χ1) is 6.93. The van der Waals surface area contributed by atoms with Gasteiger partial charge in [0.25, 0.3) is 0 Å². The van der Waals surface area contributed by atoms with Crippen LogP contribution in [0.25, 0.3) is 0 Å². The van der Waals surface area contributed by atoms with Crippen molar-refractivity contribution < 1.29 is 0 Å². The first-order valence-electron chi connectivity index (χ1n) is 6.93. The Morgan fingerprint density at radius 2 is 0.714 bits per heavy atom. The van der Waals surface area contributed by atoms with Gasteiger partial charge in [-0.05, 0) is 36.5 Å². The zero-order chi connectivity index (χ0) is 9.38. The molecule has 0 bridgehead atoms. The van der Waals surface area contributed by atoms with Gasteiger partial charge in [0.1, 0.15) is 0 Å². The van der Waals surface area contributed by atoms with Crippen molar-refractivity contribution in [2.24, 2.45) is 23.7 Å². The van der Waals surface area contributed by atoms with E-state index in [0.29, 0.717) is 0 Å². The predicted molar refractivity (Wildman–Crippen MR) is 60.1 cm³/mol. The second kappa shape index (κ2) is 3.87. The highest BCUT2D eigenvalue weighted by atomic mass is 14.4. The Hall–Kier alpha value is 0. The average molecular weight is 192 g/mol. The van der Waals surface area contributed by atoms with Crippen LogP contribution >= 0.6 is 0 Å². The van der Waals surface area contributed by atoms with Crippen LogP contribution in [0.1, 0.15) is 64.2 Å². The standard InChI is InChI=1S/C14H24/c1-2-6-12-10-14-8-4-3-7-13(14)9-11(12)5-1/h11-14H,1-10H2. The molecule has 0 aromatic heterocycles. The second-order valence-electron chi connectivity index (χ2n) is 6.08. The summed E-state index contributed by atoms with van der Waals surface area (Å²) in [4.78, 5) is 0. The summed E-state index contributed by atoms with van der Waals surface area (Å²) < 4.78 is 0. The lowest BCUT2D eigenvalue weighted by molar-refractivity contribution is 0.0520. The van der Waals surface area contributed by atoms with Crippen LogP contribution in [-0.4, -0.2) is 0 Å². The Labute approximate surface area is 88.5 Å². The largest absolute Gasteiger partial charge is 0.0530 e. The molecule has 80 valence electrons. The highest BCUT2D eigenvalue weighted by Gasteiger charge is 2.38. The fourth-order valence-corrected chi connectivity index (χ4v) is 4.59. The molecule has 4 atom stereocenters. The van der Waals surface area contributed by atoms with Gasteiger partial charge >= 0.3 is 0 Å². The van der Waals surface area contributed by atoms with Crippen molar-refractivity contribution in [2.75, 3.05) is 0 Å². The maximum atomic E-state index is 1.62. The van der Waals surface area contributed by atoms with E-state index in [9.17, 15) is 0 Å². The normalized spacial score (nSPS) is 48.0. The smallest absolute Gasteiger partial charge is 0.0383 e. The van der Waals surface area contributed by atoms with Crippen LogP contribution in [0.5, 0.6) is 0 Å². The Bertz CT molecular complexity index is 154. The zero-order valence-corrected chi connectivity index (χ0v) is 9.38. The Morgan fingerprint density at radius 1 is 0.429 bits per heavy atom. The summed E-state index contributed by atoms with van der Waals surface area (Å²) in [6, 6.07) is 0. The van der Waals surface area contributed by atoms with Gasteiger partial charge in [-0.3, -0.25) is 0 Å². The van der Waals surface area contributed by atoms with Crippen LogP contribution in [-0.2, 0) is 0 Å². The Morgan fingerprint density at radius 3 is 1.00 bits per heavy atom. The Balaban J connectivity index is 1.68. The molecule has 0 saturated heterocycles. The fraction of sp³-hybridized carbons (Fsp3) is 1.00. The first kappa shape index (κ1) is 9.24. The molecule has 0 amide bonds. The molecule has 3 fully saturated rings. The van der Waals surface area contributed by atoms with E-state index in [4.69, 9.17) is 0 Å². The molecular formula is C14H24. The van der Waals surface area contributed by atoms with Crippen molar-refractivity contribution in [2.45, 2.75) is 64.2 Å². The molecule has 0 radical (unpaired) electrons. The lowest BCUT2D eigenvalue weighted by atomic mass is 9.60. The van der Waals surface area contributed by atoms with Gasteiger partial charge in [0, 0.05) is 0 Å². The van der Waals surface area contributed by atoms with Crippen LogP contribution in [0.4, 0.5) is 0 Å². The molecule has 14 heavy (non-hydrogen) atoms. The van der Waals surface area contributed by atoms with Crippen LogP contribution in [0.3, 0.4) is 0 Å². The number of rotatable bonds is 0. The summed E-state index contributed by atoms with van der Waals surface area (Å²) in [5.74, 6) is 4.62. The third-order valence-corrected chi connectivity index (χ3v) is 5.34. The van der Waals surface area contributed by atoms with Gasteiger partial charge in [0.2, 0.25) is 0 Å². The maximum Gasteiger partial charge on any atom is -0.0383 e. The van der Waals surface area contributed by atoms with E-state index >= 15 is 0 Å². The molecule has 3 aliphatic rings. The molecule has 0 aliphatic heterocycles. The zero-order valence-electron chi connectivity index (χ0n) is 9.38. The van der Waals surface area contributed by atoms with Crippen LogP contribution in [0.15, 0.2) is 0 Å². The minimum Gasteiger partial charge on any atom is -0.0530 e. The third kappa shape index (κ3) is 1.61. The lowest BCUT2D eigenvalue weighted by Crippen LogP contribution is -2.35. The molecule has 4 unspecified atom stereocenters. The predicted octanol–water partition coefficient (Wildman–Crippen LogP) is 4.39. The van der Waals surface area contributed by atoms with Crippen molar-refractivity contribution in [3.05, 3.63) is 0 Å². The fourth-order valence-electron chi connectivity index (χ4n) is 4.59. The van der Waals surface area contributed by atoms with E-state index in [1.165, 1.54) is 0 Å². The van der Waals surface area contributed by atoms with Crippen molar-refractivity contribution in [3.63, 3.8) is 0 Å². The molecule has 0 aromatic carbocycles. The van der Waals surface area contributed by atoms with E-state index in [2.05, 4.69) is 0 Å². The van der Waals surface area contributed by atoms with Gasteiger partial charge in [-0.1, -0.05) is 51.4 Å². The van der Waals surface area contributed by atoms with Crippen molar-refractivity contribution in [3.8, 4) is 0 Å². The highest BCUT2D eigenvalue weighted by molar-refractivity contribution is 4.89. The third-order valence-electron chi connectivity index (χ3n) is 5.34. The molecule has 0 heterocycles. The molecule has 0 N–H and O–H groups in total. The summed E-state index contributed by atoms with van der Waals surface area (Å²) in [6.45, 7) is 0. The Kier molecular flexibility index (Phi) is 2.55. The summed E-state index contributed by atoms with van der Waals surface area (Å²) in [5.41, 5.74) is 0. The van der Waals surface area contributed by atoms with Crippen molar-refractivity contribution in [1.29, 1.82) is 0 Å². The highest BCUT2D eigenvalue weighted by Crippen LogP contribution is 2.49. The van der Waals surface area contributed by atoms with Crippen molar-refractivity contribution in [1.82, 2.24) is 0 Å². The van der Waals surface area contributed by atoms with Crippen LogP contribution in [0, 0.1) is 23.7 Å². The van der Waals surface area contributed by atoms with Gasteiger partial charge < -0.3 is 0 Å². The van der Waals surface area contributed by atoms with Crippen LogP contribution < -0.4 is 0 Å². The first-order valence-corrected chi connectivity index (χ1v) is 6.93. The molecule has 0 nitrogen and oxygen atoms in total. The molecule has 0 heteroatoms. The summed E-state index contributed by atoms with van der Waals surface area (Å²) in [5, 5.41) is 0. The SMILES string of the molecule is C1CCC2CC3CCCCC3CC2C1. The minimum atomic E-state index is 1.16. The van der Waals surface area contributed by atoms with Crippen LogP contribution in [0.2, 0.25) is 0 Å². The second-order valence-corrected chi connectivity index (χ2v) is 6.08. The molecule has 3 rings (SSSR count). The maximum absolute atomic E-state index is 1.62. The molecular weight excluding hydrogens is 168 g/mol. The van der Waals surface area contributed by atoms with Gasteiger partial charge in [-0.15, -0.1) is 0 Å². The van der Waals surface area contributed by atoms with Gasteiger partial charge in [-0.25, -0.2) is 0 Å². The van der Waals surface area contributed by atoms with E-state index in [0.717, 1.165) is 23.7 Å².